The van der Waals surface area contributed by atoms with E-state index < -0.39 is 39.1 Å². The lowest BCUT2D eigenvalue weighted by atomic mass is 9.87. The van der Waals surface area contributed by atoms with Gasteiger partial charge in [0.15, 0.2) is 10.6 Å². The monoisotopic (exact) mass is 524 g/mol. The Morgan fingerprint density at radius 3 is 2.41 bits per heavy atom. The van der Waals surface area contributed by atoms with E-state index in [9.17, 15) is 22.4 Å². The van der Waals surface area contributed by atoms with Gasteiger partial charge in [-0.3, -0.25) is 4.79 Å². The maximum atomic E-state index is 14.4. The lowest BCUT2D eigenvalue weighted by Gasteiger charge is -2.30. The molecule has 0 aliphatic carbocycles. The van der Waals surface area contributed by atoms with Crippen LogP contribution in [0.4, 0.5) is 17.6 Å². The second-order valence-electron chi connectivity index (χ2n) is 7.48. The standard InChI is InChI=1S/C24H14Cl2F4N2OS/c1-2-9-31-22(33)17-8-7-16(14-5-3-4-6-15(14)17)20-12-23(34-32-20,24(28,29)30)13-10-18(25)21(27)19(26)11-13/h1,3-8,10-11H,9,12H2,(H,31,33). The molecule has 1 amide bonds. The van der Waals surface area contributed by atoms with E-state index in [2.05, 4.69) is 15.6 Å². The van der Waals surface area contributed by atoms with Crippen LogP contribution in [0.2, 0.25) is 10.0 Å². The Kier molecular flexibility index (Phi) is 6.56. The quantitative estimate of drug-likeness (QED) is 0.173. The van der Waals surface area contributed by atoms with Gasteiger partial charge in [-0.05, 0) is 46.5 Å². The largest absolute Gasteiger partial charge is 0.409 e. The van der Waals surface area contributed by atoms with E-state index >= 15 is 0 Å². The number of carbonyl (C=O) groups is 1. The van der Waals surface area contributed by atoms with Crippen LogP contribution in [0.15, 0.2) is 52.9 Å². The van der Waals surface area contributed by atoms with Gasteiger partial charge in [0.1, 0.15) is 0 Å². The van der Waals surface area contributed by atoms with Gasteiger partial charge in [0.2, 0.25) is 0 Å². The number of nitrogens with zero attached hydrogens (tertiary/aromatic N) is 1. The third-order valence-electron chi connectivity index (χ3n) is 5.47. The van der Waals surface area contributed by atoms with E-state index in [0.717, 1.165) is 12.1 Å². The van der Waals surface area contributed by atoms with Crippen LogP contribution in [0, 0.1) is 18.2 Å². The minimum Gasteiger partial charge on any atom is -0.341 e. The summed E-state index contributed by atoms with van der Waals surface area (Å²) in [6.45, 7) is 0.0369. The molecule has 1 N–H and O–H groups in total. The van der Waals surface area contributed by atoms with Gasteiger partial charge < -0.3 is 5.32 Å². The van der Waals surface area contributed by atoms with Crippen LogP contribution in [0.5, 0.6) is 0 Å². The van der Waals surface area contributed by atoms with E-state index in [1.807, 2.05) is 0 Å². The van der Waals surface area contributed by atoms with Crippen molar-refractivity contribution in [2.24, 2.45) is 4.40 Å². The van der Waals surface area contributed by atoms with Crippen LogP contribution in [-0.4, -0.2) is 24.3 Å². The molecule has 1 heterocycles. The second kappa shape index (κ2) is 9.14. The number of halogens is 6. The van der Waals surface area contributed by atoms with Crippen molar-refractivity contribution in [2.45, 2.75) is 17.3 Å². The van der Waals surface area contributed by atoms with Crippen molar-refractivity contribution in [3.05, 3.63) is 81.1 Å². The molecule has 0 saturated carbocycles. The lowest BCUT2D eigenvalue weighted by molar-refractivity contribution is -0.159. The Labute approximate surface area is 206 Å². The van der Waals surface area contributed by atoms with Crippen molar-refractivity contribution in [1.82, 2.24) is 5.32 Å². The fraction of sp³-hybridized carbons (Fsp3) is 0.167. The highest BCUT2D eigenvalue weighted by atomic mass is 35.5. The number of nitrogens with one attached hydrogen (secondary N) is 1. The molecule has 0 radical (unpaired) electrons. The number of fused-ring (bicyclic) bond motifs is 1. The molecule has 0 spiro atoms. The Morgan fingerprint density at radius 2 is 1.79 bits per heavy atom. The Morgan fingerprint density at radius 1 is 1.15 bits per heavy atom. The van der Waals surface area contributed by atoms with E-state index in [1.54, 1.807) is 30.3 Å². The zero-order valence-corrected chi connectivity index (χ0v) is 19.5. The van der Waals surface area contributed by atoms with Gasteiger partial charge in [-0.1, -0.05) is 59.5 Å². The summed E-state index contributed by atoms with van der Waals surface area (Å²) >= 11 is 11.9. The fourth-order valence-corrected chi connectivity index (χ4v) is 5.26. The lowest BCUT2D eigenvalue weighted by Crippen LogP contribution is -2.38. The molecule has 3 aromatic rings. The third kappa shape index (κ3) is 4.13. The topological polar surface area (TPSA) is 41.5 Å². The van der Waals surface area contributed by atoms with E-state index in [4.69, 9.17) is 29.6 Å². The molecule has 0 bridgehead atoms. The molecule has 0 fully saturated rings. The summed E-state index contributed by atoms with van der Waals surface area (Å²) in [5.74, 6) is 0.933. The number of terminal acetylenes is 1. The summed E-state index contributed by atoms with van der Waals surface area (Å²) in [5, 5.41) is 2.67. The zero-order chi connectivity index (χ0) is 24.7. The van der Waals surface area contributed by atoms with Gasteiger partial charge >= 0.3 is 6.18 Å². The molecule has 1 unspecified atom stereocenters. The van der Waals surface area contributed by atoms with Gasteiger partial charge in [0, 0.05) is 17.5 Å². The van der Waals surface area contributed by atoms with E-state index in [1.165, 1.54) is 6.07 Å². The maximum Gasteiger partial charge on any atom is 0.409 e. The molecule has 174 valence electrons. The second-order valence-corrected chi connectivity index (χ2v) is 9.35. The first-order chi connectivity index (χ1) is 16.1. The molecule has 0 saturated heterocycles. The molecular weight excluding hydrogens is 511 g/mol. The number of carbonyl (C=O) groups excluding carboxylic acids is 1. The molecule has 1 atom stereocenters. The SMILES string of the molecule is C#CCNC(=O)c1ccc(C2=NSC(c3cc(Cl)c(F)c(Cl)c3)(C(F)(F)F)C2)c2ccccc12. The van der Waals surface area contributed by atoms with Gasteiger partial charge in [-0.2, -0.15) is 13.2 Å². The van der Waals surface area contributed by atoms with Crippen LogP contribution in [0.3, 0.4) is 0 Å². The maximum absolute atomic E-state index is 14.4. The number of hydrogen-bond donors (Lipinski definition) is 1. The van der Waals surface area contributed by atoms with Gasteiger partial charge in [0.25, 0.3) is 5.91 Å². The van der Waals surface area contributed by atoms with Crippen LogP contribution < -0.4 is 5.32 Å². The van der Waals surface area contributed by atoms with Gasteiger partial charge in [-0.25, -0.2) is 8.79 Å². The number of benzene rings is 3. The first-order valence-corrected chi connectivity index (χ1v) is 11.3. The molecular formula is C24H14Cl2F4N2OS. The van der Waals surface area contributed by atoms with Crippen molar-refractivity contribution in [2.75, 3.05) is 6.54 Å². The zero-order valence-electron chi connectivity index (χ0n) is 17.1. The predicted molar refractivity (Wildman–Crippen MR) is 128 cm³/mol. The molecule has 4 rings (SSSR count). The van der Waals surface area contributed by atoms with E-state index in [0.29, 0.717) is 33.8 Å². The predicted octanol–water partition coefficient (Wildman–Crippen LogP) is 6.95. The highest BCUT2D eigenvalue weighted by molar-refractivity contribution is 7.99. The first-order valence-electron chi connectivity index (χ1n) is 9.79. The van der Waals surface area contributed by atoms with Gasteiger partial charge in [0.05, 0.1) is 22.3 Å². The molecule has 3 aromatic carbocycles. The van der Waals surface area contributed by atoms with Crippen LogP contribution in [0.25, 0.3) is 10.8 Å². The molecule has 0 aromatic heterocycles. The van der Waals surface area contributed by atoms with Crippen molar-refractivity contribution in [3.63, 3.8) is 0 Å². The summed E-state index contributed by atoms with van der Waals surface area (Å²) in [6, 6.07) is 11.8. The van der Waals surface area contributed by atoms with Gasteiger partial charge in [-0.15, -0.1) is 6.42 Å². The highest BCUT2D eigenvalue weighted by Crippen LogP contribution is 2.57. The summed E-state index contributed by atoms with van der Waals surface area (Å²) in [5.41, 5.74) is 0.655. The smallest absolute Gasteiger partial charge is 0.341 e. The van der Waals surface area contributed by atoms with Crippen LogP contribution in [-0.2, 0) is 4.75 Å². The molecule has 1 aliphatic heterocycles. The first kappa shape index (κ1) is 24.4. The van der Waals surface area contributed by atoms with Crippen molar-refractivity contribution in [1.29, 1.82) is 0 Å². The van der Waals surface area contributed by atoms with Crippen molar-refractivity contribution < 1.29 is 22.4 Å². The number of rotatable bonds is 4. The number of alkyl halides is 3. The Bertz CT molecular complexity index is 1360. The minimum atomic E-state index is -4.75. The van der Waals surface area contributed by atoms with E-state index in [-0.39, 0.29) is 17.8 Å². The Hall–Kier alpha value is -2.73. The highest BCUT2D eigenvalue weighted by Gasteiger charge is 2.60. The average molecular weight is 525 g/mol. The molecule has 34 heavy (non-hydrogen) atoms. The number of amides is 1. The summed E-state index contributed by atoms with van der Waals surface area (Å²) in [4.78, 5) is 12.5. The van der Waals surface area contributed by atoms with Crippen LogP contribution in [0.1, 0.15) is 27.9 Å². The number of hydrogen-bond acceptors (Lipinski definition) is 3. The van der Waals surface area contributed by atoms with Crippen LogP contribution >= 0.6 is 35.1 Å². The minimum absolute atomic E-state index is 0.0369. The normalized spacial score (nSPS) is 18.0. The molecule has 10 heteroatoms. The summed E-state index contributed by atoms with van der Waals surface area (Å²) in [6.07, 6.45) is -0.0896. The van der Waals surface area contributed by atoms with Crippen molar-refractivity contribution in [3.8, 4) is 12.3 Å². The average Bonchev–Trinajstić information content (AvgIpc) is 3.26. The summed E-state index contributed by atoms with van der Waals surface area (Å²) < 4.78 is 58.8. The molecule has 1 aliphatic rings. The summed E-state index contributed by atoms with van der Waals surface area (Å²) in [7, 11) is 0. The Balaban J connectivity index is 1.80. The van der Waals surface area contributed by atoms with Crippen molar-refractivity contribution >= 4 is 57.5 Å². The molecule has 3 nitrogen and oxygen atoms in total. The third-order valence-corrected chi connectivity index (χ3v) is 7.25. The fourth-order valence-electron chi connectivity index (χ4n) is 3.81.